The van der Waals surface area contributed by atoms with Gasteiger partial charge in [-0.05, 0) is 166 Å². The minimum absolute atomic E-state index is 0.0403. The van der Waals surface area contributed by atoms with Crippen molar-refractivity contribution < 1.29 is 37.3 Å². The van der Waals surface area contributed by atoms with Gasteiger partial charge in [0, 0.05) is 49.7 Å². The van der Waals surface area contributed by atoms with E-state index in [-0.39, 0.29) is 48.3 Å². The predicted molar refractivity (Wildman–Crippen MR) is 255 cm³/mol. The Morgan fingerprint density at radius 3 is 2.18 bits per heavy atom. The van der Waals surface area contributed by atoms with Crippen molar-refractivity contribution in [2.75, 3.05) is 45.9 Å². The number of esters is 1. The van der Waals surface area contributed by atoms with E-state index >= 15 is 0 Å². The summed E-state index contributed by atoms with van der Waals surface area (Å²) in [5, 5.41) is 12.7. The van der Waals surface area contributed by atoms with E-state index < -0.39 is 21.9 Å². The van der Waals surface area contributed by atoms with Crippen LogP contribution in [-0.4, -0.2) is 86.8 Å². The summed E-state index contributed by atoms with van der Waals surface area (Å²) in [6.45, 7) is 9.81. The lowest BCUT2D eigenvalue weighted by Gasteiger charge is -2.47. The van der Waals surface area contributed by atoms with Gasteiger partial charge in [0.2, 0.25) is 0 Å². The molecule has 4 aromatic rings. The van der Waals surface area contributed by atoms with Crippen LogP contribution in [0.4, 0.5) is 5.69 Å². The summed E-state index contributed by atoms with van der Waals surface area (Å²) in [6.07, 6.45) is 6.87. The lowest BCUT2D eigenvalue weighted by molar-refractivity contribution is 0.00694. The van der Waals surface area contributed by atoms with E-state index in [1.165, 1.54) is 19.7 Å². The number of rotatable bonds is 15. The number of aliphatic hydroxyl groups excluding tert-OH is 1. The highest BCUT2D eigenvalue weighted by molar-refractivity contribution is 7.86. The van der Waals surface area contributed by atoms with E-state index in [0.29, 0.717) is 43.2 Å². The fraction of sp³-hybridized carbons (Fsp3) is 0.481. The van der Waals surface area contributed by atoms with Crippen molar-refractivity contribution >= 4 is 33.5 Å². The van der Waals surface area contributed by atoms with Gasteiger partial charge in [-0.3, -0.25) is 0 Å². The first kappa shape index (κ1) is 46.9. The summed E-state index contributed by atoms with van der Waals surface area (Å²) >= 11 is 6.51. The molecule has 0 aromatic heterocycles. The van der Waals surface area contributed by atoms with Crippen LogP contribution in [0.5, 0.6) is 17.2 Å². The van der Waals surface area contributed by atoms with Gasteiger partial charge in [0.05, 0.1) is 38.2 Å². The zero-order chi connectivity index (χ0) is 46.3. The van der Waals surface area contributed by atoms with E-state index in [9.17, 15) is 18.3 Å². The molecule has 1 fully saturated rings. The van der Waals surface area contributed by atoms with Gasteiger partial charge >= 0.3 is 5.97 Å². The molecule has 0 radical (unpaired) electrons. The van der Waals surface area contributed by atoms with Crippen molar-refractivity contribution in [3.05, 3.63) is 129 Å². The molecule has 0 saturated heterocycles. The number of fused-ring (bicyclic) bond motifs is 3. The molecule has 4 aliphatic rings. The Bertz CT molecular complexity index is 2440. The third-order valence-electron chi connectivity index (χ3n) is 14.2. The lowest BCUT2D eigenvalue weighted by Crippen LogP contribution is -2.51. The van der Waals surface area contributed by atoms with E-state index in [2.05, 4.69) is 23.1 Å². The second-order valence-electron chi connectivity index (χ2n) is 19.6. The molecule has 3 aliphatic carbocycles. The number of benzene rings is 4. The SMILES string of the molecule is COc1ccc(CN(Cc2ccc(OC)cc2)S(=O)(=O)N(C)[C@@H](C)C2C=C([C@H](O)[C@@H]3CC[C@H]3CN3C[C@@]4(CCCc5cc(Cl)ccc54)COc4ccc(C(=O)OC(C)(C)C)cc43)C2)cc1. The predicted octanol–water partition coefficient (Wildman–Crippen LogP) is 9.39. The highest BCUT2D eigenvalue weighted by atomic mass is 35.5. The van der Waals surface area contributed by atoms with Crippen molar-refractivity contribution in [3.63, 3.8) is 0 Å². The first-order valence-corrected chi connectivity index (χ1v) is 24.7. The van der Waals surface area contributed by atoms with Crippen molar-refractivity contribution in [3.8, 4) is 17.2 Å². The standard InChI is InChI=1S/C52H64ClN3O8S/c1-34(54(5)65(59,60)56(29-35-10-17-43(61-6)18-11-35)30-36-12-19-44(62-7)20-13-36)40-25-41(26-40)49(57)45-21-14-39(45)31-55-32-52(24-8-9-37-27-42(53)16-22-46(37)52)33-63-48-23-15-38(28-47(48)55)50(58)64-51(2,3)4/h10-13,15-20,22-23,25,27-28,34,39-40,45,49,57H,8-9,14,21,24,26,29-33H2,1-7H3/t34-,39-,40?,45+,49-,52-/m0/s1. The Hall–Kier alpha value is -4.59. The normalized spacial score (nSPS) is 22.7. The number of aliphatic hydroxyl groups is 1. The fourth-order valence-electron chi connectivity index (χ4n) is 10.2. The van der Waals surface area contributed by atoms with Gasteiger partial charge in [-0.2, -0.15) is 17.0 Å². The molecule has 1 saturated carbocycles. The van der Waals surface area contributed by atoms with Gasteiger partial charge in [-0.15, -0.1) is 0 Å². The molecule has 1 heterocycles. The molecule has 1 spiro atoms. The fourth-order valence-corrected chi connectivity index (χ4v) is 11.9. The van der Waals surface area contributed by atoms with Crippen molar-refractivity contribution in [2.45, 2.75) is 102 Å². The van der Waals surface area contributed by atoms with Crippen LogP contribution in [-0.2, 0) is 39.9 Å². The zero-order valence-corrected chi connectivity index (χ0v) is 40.3. The number of carbonyl (C=O) groups is 1. The monoisotopic (exact) mass is 925 g/mol. The van der Waals surface area contributed by atoms with Gasteiger partial charge in [0.15, 0.2) is 0 Å². The van der Waals surface area contributed by atoms with Crippen molar-refractivity contribution in [1.82, 2.24) is 8.61 Å². The summed E-state index contributed by atoms with van der Waals surface area (Å²) in [6, 6.07) is 26.4. The highest BCUT2D eigenvalue weighted by Crippen LogP contribution is 2.48. The number of carbonyl (C=O) groups excluding carboxylic acids is 1. The molecule has 348 valence electrons. The van der Waals surface area contributed by atoms with Crippen LogP contribution in [0.3, 0.4) is 0 Å². The van der Waals surface area contributed by atoms with Gasteiger partial charge in [-0.25, -0.2) is 4.79 Å². The Balaban J connectivity index is 0.992. The Kier molecular flexibility index (Phi) is 13.7. The second kappa shape index (κ2) is 19.0. The summed E-state index contributed by atoms with van der Waals surface area (Å²) in [4.78, 5) is 15.8. The smallest absolute Gasteiger partial charge is 0.338 e. The minimum Gasteiger partial charge on any atom is -0.497 e. The molecule has 0 amide bonds. The van der Waals surface area contributed by atoms with E-state index in [0.717, 1.165) is 65.3 Å². The second-order valence-corrected chi connectivity index (χ2v) is 22.0. The van der Waals surface area contributed by atoms with Crippen LogP contribution in [0.2, 0.25) is 5.02 Å². The highest BCUT2D eigenvalue weighted by Gasteiger charge is 2.46. The third-order valence-corrected chi connectivity index (χ3v) is 16.4. The van der Waals surface area contributed by atoms with Gasteiger partial charge < -0.3 is 29.0 Å². The average molecular weight is 927 g/mol. The number of hydrogen-bond donors (Lipinski definition) is 1. The summed E-state index contributed by atoms with van der Waals surface area (Å²) in [7, 11) is 0.928. The van der Waals surface area contributed by atoms with Crippen LogP contribution in [0, 0.1) is 17.8 Å². The summed E-state index contributed by atoms with van der Waals surface area (Å²) in [5.74, 6) is 1.93. The molecular formula is C52H64ClN3O8S. The molecule has 1 N–H and O–H groups in total. The average Bonchev–Trinajstić information content (AvgIpc) is 3.40. The first-order valence-electron chi connectivity index (χ1n) is 22.9. The van der Waals surface area contributed by atoms with Crippen LogP contribution >= 0.6 is 11.6 Å². The zero-order valence-electron chi connectivity index (χ0n) is 38.8. The van der Waals surface area contributed by atoms with E-state index in [4.69, 9.17) is 30.5 Å². The number of hydrogen-bond acceptors (Lipinski definition) is 9. The van der Waals surface area contributed by atoms with Crippen LogP contribution in [0.1, 0.15) is 92.4 Å². The molecule has 6 atom stereocenters. The van der Waals surface area contributed by atoms with Crippen LogP contribution in [0.15, 0.2) is 96.6 Å². The van der Waals surface area contributed by atoms with Crippen molar-refractivity contribution in [2.24, 2.45) is 17.8 Å². The quantitative estimate of drug-likeness (QED) is 0.0920. The number of ether oxygens (including phenoxy) is 4. The molecule has 13 heteroatoms. The molecule has 1 unspecified atom stereocenters. The maximum absolute atomic E-state index is 14.5. The molecule has 0 bridgehead atoms. The number of aryl methyl sites for hydroxylation is 1. The largest absolute Gasteiger partial charge is 0.497 e. The topological polar surface area (TPSA) is 118 Å². The van der Waals surface area contributed by atoms with Gasteiger partial charge in [-0.1, -0.05) is 48.0 Å². The van der Waals surface area contributed by atoms with Gasteiger partial charge in [0.25, 0.3) is 10.2 Å². The Morgan fingerprint density at radius 2 is 1.60 bits per heavy atom. The number of halogens is 1. The maximum atomic E-state index is 14.5. The number of anilines is 1. The first-order chi connectivity index (χ1) is 31.0. The molecule has 1 aliphatic heterocycles. The maximum Gasteiger partial charge on any atom is 0.338 e. The van der Waals surface area contributed by atoms with Crippen LogP contribution < -0.4 is 19.1 Å². The molecule has 65 heavy (non-hydrogen) atoms. The third kappa shape index (κ3) is 10.1. The molecule has 11 nitrogen and oxygen atoms in total. The Labute approximate surface area is 390 Å². The minimum atomic E-state index is -3.94. The summed E-state index contributed by atoms with van der Waals surface area (Å²) < 4.78 is 55.2. The van der Waals surface area contributed by atoms with Gasteiger partial charge in [0.1, 0.15) is 22.8 Å². The van der Waals surface area contributed by atoms with E-state index in [1.54, 1.807) is 27.3 Å². The number of methoxy groups -OCH3 is 2. The summed E-state index contributed by atoms with van der Waals surface area (Å²) in [5.41, 5.74) is 5.59. The molecule has 8 rings (SSSR count). The Morgan fingerprint density at radius 1 is 0.954 bits per heavy atom. The van der Waals surface area contributed by atoms with Crippen LogP contribution in [0.25, 0.3) is 0 Å². The molecule has 4 aromatic carbocycles. The number of nitrogens with zero attached hydrogens (tertiary/aromatic N) is 3. The van der Waals surface area contributed by atoms with Crippen molar-refractivity contribution in [1.29, 1.82) is 0 Å². The van der Waals surface area contributed by atoms with E-state index in [1.807, 2.05) is 94.4 Å². The lowest BCUT2D eigenvalue weighted by atomic mass is 9.65. The molecular weight excluding hydrogens is 862 g/mol.